The average Bonchev–Trinajstić information content (AvgIpc) is 1.90. The lowest BCUT2D eigenvalue weighted by atomic mass is 10.1. The van der Waals surface area contributed by atoms with Gasteiger partial charge < -0.3 is 10.6 Å². The van der Waals surface area contributed by atoms with Crippen molar-refractivity contribution in [2.75, 3.05) is 7.05 Å². The molecule has 0 aliphatic carbocycles. The first kappa shape index (κ1) is 9.69. The van der Waals surface area contributed by atoms with Gasteiger partial charge in [-0.25, -0.2) is 0 Å². The van der Waals surface area contributed by atoms with Crippen molar-refractivity contribution >= 4 is 17.3 Å². The minimum absolute atomic E-state index is 0.494. The van der Waals surface area contributed by atoms with Gasteiger partial charge in [-0.05, 0) is 25.1 Å². The first-order chi connectivity index (χ1) is 4.63. The topological polar surface area (TPSA) is 29.3 Å². The van der Waals surface area contributed by atoms with Gasteiger partial charge in [0.15, 0.2) is 5.11 Å². The number of hydrogen-bond donors (Lipinski definition) is 1. The summed E-state index contributed by atoms with van der Waals surface area (Å²) in [4.78, 5) is 1.95. The molecule has 2 nitrogen and oxygen atoms in total. The van der Waals surface area contributed by atoms with Crippen LogP contribution in [0.25, 0.3) is 0 Å². The van der Waals surface area contributed by atoms with E-state index in [0.717, 1.165) is 12.8 Å². The molecule has 0 saturated heterocycles. The van der Waals surface area contributed by atoms with Gasteiger partial charge in [-0.1, -0.05) is 13.8 Å². The van der Waals surface area contributed by atoms with Crippen LogP contribution in [-0.4, -0.2) is 23.1 Å². The van der Waals surface area contributed by atoms with E-state index >= 15 is 0 Å². The maximum atomic E-state index is 5.45. The van der Waals surface area contributed by atoms with E-state index in [1.54, 1.807) is 0 Å². The zero-order valence-corrected chi connectivity index (χ0v) is 7.74. The van der Waals surface area contributed by atoms with Gasteiger partial charge in [0.05, 0.1) is 0 Å². The van der Waals surface area contributed by atoms with Crippen LogP contribution in [0.4, 0.5) is 0 Å². The van der Waals surface area contributed by atoms with Crippen molar-refractivity contribution in [2.45, 2.75) is 32.7 Å². The Hall–Kier alpha value is -0.310. The van der Waals surface area contributed by atoms with E-state index in [0.29, 0.717) is 11.2 Å². The highest BCUT2D eigenvalue weighted by molar-refractivity contribution is 7.80. The van der Waals surface area contributed by atoms with Crippen molar-refractivity contribution in [3.8, 4) is 0 Å². The first-order valence-corrected chi connectivity index (χ1v) is 4.06. The Morgan fingerprint density at radius 1 is 1.50 bits per heavy atom. The number of rotatable bonds is 3. The molecule has 0 aliphatic heterocycles. The summed E-state index contributed by atoms with van der Waals surface area (Å²) in [5, 5.41) is 0.494. The number of thiocarbonyl (C=S) groups is 1. The summed E-state index contributed by atoms with van der Waals surface area (Å²) in [6, 6.07) is 0.512. The van der Waals surface area contributed by atoms with Gasteiger partial charge in [0.1, 0.15) is 0 Å². The second kappa shape index (κ2) is 4.50. The Labute approximate surface area is 68.4 Å². The van der Waals surface area contributed by atoms with Crippen LogP contribution >= 0.6 is 12.2 Å². The number of hydrogen-bond acceptors (Lipinski definition) is 1. The molecule has 0 aromatic heterocycles. The monoisotopic (exact) mass is 160 g/mol. The van der Waals surface area contributed by atoms with Crippen LogP contribution in [0.15, 0.2) is 0 Å². The van der Waals surface area contributed by atoms with Gasteiger partial charge >= 0.3 is 0 Å². The Morgan fingerprint density at radius 3 is 2.00 bits per heavy atom. The second-order valence-electron chi connectivity index (χ2n) is 2.42. The van der Waals surface area contributed by atoms with E-state index in [-0.39, 0.29) is 0 Å². The quantitative estimate of drug-likeness (QED) is 0.632. The fraction of sp³-hybridized carbons (Fsp3) is 0.857. The molecule has 10 heavy (non-hydrogen) atoms. The molecule has 3 heteroatoms. The smallest absolute Gasteiger partial charge is 0.166 e. The van der Waals surface area contributed by atoms with Crippen LogP contribution in [0.1, 0.15) is 26.7 Å². The van der Waals surface area contributed by atoms with Crippen molar-refractivity contribution in [1.29, 1.82) is 0 Å². The Bertz CT molecular complexity index is 110. The minimum atomic E-state index is 0.494. The lowest BCUT2D eigenvalue weighted by Gasteiger charge is -2.26. The molecule has 0 radical (unpaired) electrons. The van der Waals surface area contributed by atoms with Crippen LogP contribution in [0, 0.1) is 0 Å². The average molecular weight is 160 g/mol. The maximum absolute atomic E-state index is 5.45. The lowest BCUT2D eigenvalue weighted by molar-refractivity contribution is 0.348. The number of nitrogens with two attached hydrogens (primary N) is 1. The highest BCUT2D eigenvalue weighted by Gasteiger charge is 2.09. The summed E-state index contributed by atoms with van der Waals surface area (Å²) in [7, 11) is 1.94. The fourth-order valence-electron chi connectivity index (χ4n) is 1.02. The van der Waals surface area contributed by atoms with Crippen molar-refractivity contribution in [1.82, 2.24) is 4.90 Å². The Balaban J connectivity index is 3.88. The molecule has 2 N–H and O–H groups in total. The molecule has 0 aromatic rings. The van der Waals surface area contributed by atoms with Crippen molar-refractivity contribution in [2.24, 2.45) is 5.73 Å². The van der Waals surface area contributed by atoms with Gasteiger partial charge in [0.25, 0.3) is 0 Å². The van der Waals surface area contributed by atoms with E-state index < -0.39 is 0 Å². The third kappa shape index (κ3) is 2.52. The number of nitrogens with zero attached hydrogens (tertiary/aromatic N) is 1. The highest BCUT2D eigenvalue weighted by atomic mass is 32.1. The van der Waals surface area contributed by atoms with Gasteiger partial charge in [0.2, 0.25) is 0 Å². The van der Waals surface area contributed by atoms with Crippen LogP contribution in [-0.2, 0) is 0 Å². The summed E-state index contributed by atoms with van der Waals surface area (Å²) >= 11 is 4.83. The van der Waals surface area contributed by atoms with Crippen LogP contribution < -0.4 is 5.73 Å². The second-order valence-corrected chi connectivity index (χ2v) is 2.84. The molecular formula is C7H16N2S. The molecule has 0 aliphatic rings. The van der Waals surface area contributed by atoms with E-state index in [9.17, 15) is 0 Å². The predicted molar refractivity (Wildman–Crippen MR) is 48.9 cm³/mol. The molecule has 0 saturated carbocycles. The van der Waals surface area contributed by atoms with Gasteiger partial charge in [-0.2, -0.15) is 0 Å². The van der Waals surface area contributed by atoms with Gasteiger partial charge in [0, 0.05) is 13.1 Å². The third-order valence-corrected chi connectivity index (χ3v) is 2.13. The molecule has 0 bridgehead atoms. The Kier molecular flexibility index (Phi) is 4.36. The summed E-state index contributed by atoms with van der Waals surface area (Å²) in [5.74, 6) is 0. The zero-order chi connectivity index (χ0) is 8.15. The molecule has 0 unspecified atom stereocenters. The summed E-state index contributed by atoms with van der Waals surface area (Å²) in [5.41, 5.74) is 5.45. The molecule has 60 valence electrons. The van der Waals surface area contributed by atoms with E-state index in [1.165, 1.54) is 0 Å². The maximum Gasteiger partial charge on any atom is 0.166 e. The Morgan fingerprint density at radius 2 is 1.90 bits per heavy atom. The molecular weight excluding hydrogens is 144 g/mol. The summed E-state index contributed by atoms with van der Waals surface area (Å²) in [6.45, 7) is 4.28. The van der Waals surface area contributed by atoms with E-state index in [2.05, 4.69) is 13.8 Å². The zero-order valence-electron chi connectivity index (χ0n) is 6.92. The molecule has 0 heterocycles. The highest BCUT2D eigenvalue weighted by Crippen LogP contribution is 2.04. The largest absolute Gasteiger partial charge is 0.376 e. The molecule has 0 atom stereocenters. The summed E-state index contributed by atoms with van der Waals surface area (Å²) < 4.78 is 0. The molecule has 0 amide bonds. The van der Waals surface area contributed by atoms with Crippen LogP contribution in [0.5, 0.6) is 0 Å². The summed E-state index contributed by atoms with van der Waals surface area (Å²) in [6.07, 6.45) is 2.20. The lowest BCUT2D eigenvalue weighted by Crippen LogP contribution is -2.39. The fourth-order valence-corrected chi connectivity index (χ4v) is 1.17. The van der Waals surface area contributed by atoms with Crippen molar-refractivity contribution < 1.29 is 0 Å². The molecule has 0 rings (SSSR count). The van der Waals surface area contributed by atoms with Crippen LogP contribution in [0.3, 0.4) is 0 Å². The van der Waals surface area contributed by atoms with E-state index in [1.807, 2.05) is 11.9 Å². The standard InChI is InChI=1S/C7H16N2S/c1-4-6(5-2)9(3)7(8)10/h6H,4-5H2,1-3H3,(H2,8,10). The normalized spacial score (nSPS) is 10.0. The van der Waals surface area contributed by atoms with Gasteiger partial charge in [-0.15, -0.1) is 0 Å². The van der Waals surface area contributed by atoms with E-state index in [4.69, 9.17) is 18.0 Å². The molecule has 0 spiro atoms. The first-order valence-electron chi connectivity index (χ1n) is 3.65. The SMILES string of the molecule is CCC(CC)N(C)C(N)=S. The van der Waals surface area contributed by atoms with Crippen molar-refractivity contribution in [3.63, 3.8) is 0 Å². The van der Waals surface area contributed by atoms with Crippen LogP contribution in [0.2, 0.25) is 0 Å². The van der Waals surface area contributed by atoms with Crippen molar-refractivity contribution in [3.05, 3.63) is 0 Å². The molecule has 0 aromatic carbocycles. The molecule has 0 fully saturated rings. The predicted octanol–water partition coefficient (Wildman–Crippen LogP) is 1.35. The minimum Gasteiger partial charge on any atom is -0.376 e. The van der Waals surface area contributed by atoms with Gasteiger partial charge in [-0.3, -0.25) is 0 Å². The third-order valence-electron chi connectivity index (χ3n) is 1.84.